The molecule has 18 heavy (non-hydrogen) atoms. The van der Waals surface area contributed by atoms with Gasteiger partial charge < -0.3 is 14.5 Å². The van der Waals surface area contributed by atoms with E-state index in [1.807, 2.05) is 19.2 Å². The first-order chi connectivity index (χ1) is 8.72. The third kappa shape index (κ3) is 3.83. The van der Waals surface area contributed by atoms with E-state index in [0.29, 0.717) is 0 Å². The molecule has 1 N–H and O–H groups in total. The first kappa shape index (κ1) is 13.6. The van der Waals surface area contributed by atoms with E-state index < -0.39 is 0 Å². The highest BCUT2D eigenvalue weighted by Crippen LogP contribution is 2.23. The van der Waals surface area contributed by atoms with Crippen molar-refractivity contribution in [3.05, 3.63) is 24.2 Å². The lowest BCUT2D eigenvalue weighted by Crippen LogP contribution is -2.48. The van der Waals surface area contributed by atoms with Gasteiger partial charge in [-0.25, -0.2) is 0 Å². The van der Waals surface area contributed by atoms with Crippen LogP contribution in [-0.2, 0) is 11.3 Å². The van der Waals surface area contributed by atoms with Crippen molar-refractivity contribution in [1.82, 2.24) is 10.2 Å². The van der Waals surface area contributed by atoms with Crippen molar-refractivity contribution < 1.29 is 9.15 Å². The normalized spacial score (nSPS) is 25.4. The summed E-state index contributed by atoms with van der Waals surface area (Å²) < 4.78 is 10.9. The highest BCUT2D eigenvalue weighted by Gasteiger charge is 2.30. The van der Waals surface area contributed by atoms with E-state index in [1.54, 1.807) is 6.26 Å². The summed E-state index contributed by atoms with van der Waals surface area (Å²) in [6, 6.07) is 3.92. The number of piperidine rings is 1. The Morgan fingerprint density at radius 1 is 1.56 bits per heavy atom. The van der Waals surface area contributed by atoms with Crippen molar-refractivity contribution >= 4 is 0 Å². The Balaban J connectivity index is 1.64. The second-order valence-corrected chi connectivity index (χ2v) is 5.29. The molecule has 102 valence electrons. The summed E-state index contributed by atoms with van der Waals surface area (Å²) in [7, 11) is 1.82. The number of hydrogen-bond acceptors (Lipinski definition) is 4. The van der Waals surface area contributed by atoms with Gasteiger partial charge in [-0.05, 0) is 38.4 Å². The maximum atomic E-state index is 5.60. The molecule has 0 radical (unpaired) electrons. The predicted octanol–water partition coefficient (Wildman–Crippen LogP) is 1.87. The number of hydrogen-bond donors (Lipinski definition) is 1. The molecule has 4 nitrogen and oxygen atoms in total. The smallest absolute Gasteiger partial charge is 0.117 e. The molecule has 0 amide bonds. The number of likely N-dealkylation sites (tertiary alicyclic amines) is 1. The average Bonchev–Trinajstić information content (AvgIpc) is 2.88. The second kappa shape index (κ2) is 6.36. The van der Waals surface area contributed by atoms with Crippen molar-refractivity contribution in [2.45, 2.75) is 31.9 Å². The van der Waals surface area contributed by atoms with Crippen LogP contribution in [0.3, 0.4) is 0 Å². The molecule has 0 saturated carbocycles. The fourth-order valence-corrected chi connectivity index (χ4v) is 2.53. The molecule has 1 saturated heterocycles. The monoisotopic (exact) mass is 252 g/mol. The van der Waals surface area contributed by atoms with E-state index in [2.05, 4.69) is 17.1 Å². The van der Waals surface area contributed by atoms with Gasteiger partial charge in [0, 0.05) is 26.7 Å². The largest absolute Gasteiger partial charge is 0.468 e. The minimum atomic E-state index is 0.0409. The van der Waals surface area contributed by atoms with Gasteiger partial charge in [-0.1, -0.05) is 0 Å². The Morgan fingerprint density at radius 3 is 3.17 bits per heavy atom. The molecular formula is C14H24N2O2. The van der Waals surface area contributed by atoms with E-state index in [4.69, 9.17) is 9.15 Å². The summed E-state index contributed by atoms with van der Waals surface area (Å²) >= 11 is 0. The molecular weight excluding hydrogens is 228 g/mol. The summed E-state index contributed by atoms with van der Waals surface area (Å²) in [5.41, 5.74) is 0.0409. The summed E-state index contributed by atoms with van der Waals surface area (Å²) in [5, 5.41) is 3.40. The van der Waals surface area contributed by atoms with Crippen LogP contribution in [0.15, 0.2) is 22.8 Å². The standard InChI is InChI=1S/C14H24N2O2/c1-14(17-2)6-4-8-16(12-14)9-7-15-11-13-5-3-10-18-13/h3,5,10,15H,4,6-9,11-12H2,1-2H3. The second-order valence-electron chi connectivity index (χ2n) is 5.29. The minimum absolute atomic E-state index is 0.0409. The molecule has 4 heteroatoms. The van der Waals surface area contributed by atoms with Crippen LogP contribution in [0.4, 0.5) is 0 Å². The highest BCUT2D eigenvalue weighted by atomic mass is 16.5. The third-order valence-electron chi connectivity index (χ3n) is 3.71. The molecule has 0 aromatic carbocycles. The first-order valence-corrected chi connectivity index (χ1v) is 6.72. The number of methoxy groups -OCH3 is 1. The summed E-state index contributed by atoms with van der Waals surface area (Å²) in [4.78, 5) is 2.47. The van der Waals surface area contributed by atoms with Gasteiger partial charge in [-0.15, -0.1) is 0 Å². The van der Waals surface area contributed by atoms with Crippen LogP contribution in [0.25, 0.3) is 0 Å². The Bertz CT molecular complexity index is 340. The molecule has 1 aliphatic heterocycles. The van der Waals surface area contributed by atoms with Gasteiger partial charge in [-0.2, -0.15) is 0 Å². The lowest BCUT2D eigenvalue weighted by Gasteiger charge is -2.39. The van der Waals surface area contributed by atoms with Crippen LogP contribution in [0.1, 0.15) is 25.5 Å². The fourth-order valence-electron chi connectivity index (χ4n) is 2.53. The number of nitrogens with one attached hydrogen (secondary N) is 1. The number of nitrogens with zero attached hydrogens (tertiary/aromatic N) is 1. The number of ether oxygens (including phenoxy) is 1. The van der Waals surface area contributed by atoms with Gasteiger partial charge >= 0.3 is 0 Å². The van der Waals surface area contributed by atoms with Crippen molar-refractivity contribution in [2.75, 3.05) is 33.3 Å². The van der Waals surface area contributed by atoms with Crippen molar-refractivity contribution in [3.8, 4) is 0 Å². The maximum Gasteiger partial charge on any atom is 0.117 e. The molecule has 1 atom stereocenters. The number of furan rings is 1. The van der Waals surface area contributed by atoms with Gasteiger partial charge in [0.25, 0.3) is 0 Å². The lowest BCUT2D eigenvalue weighted by molar-refractivity contribution is -0.0502. The van der Waals surface area contributed by atoms with Gasteiger partial charge in [0.1, 0.15) is 5.76 Å². The Labute approximate surface area is 109 Å². The van der Waals surface area contributed by atoms with Gasteiger partial charge in [0.2, 0.25) is 0 Å². The molecule has 0 spiro atoms. The Kier molecular flexibility index (Phi) is 4.80. The van der Waals surface area contributed by atoms with Crippen molar-refractivity contribution in [2.24, 2.45) is 0 Å². The molecule has 1 unspecified atom stereocenters. The van der Waals surface area contributed by atoms with Crippen LogP contribution in [0.2, 0.25) is 0 Å². The molecule has 1 fully saturated rings. The van der Waals surface area contributed by atoms with Crippen LogP contribution in [-0.4, -0.2) is 43.8 Å². The fraction of sp³-hybridized carbons (Fsp3) is 0.714. The van der Waals surface area contributed by atoms with Crippen LogP contribution >= 0.6 is 0 Å². The Morgan fingerprint density at radius 2 is 2.44 bits per heavy atom. The lowest BCUT2D eigenvalue weighted by atomic mass is 9.95. The molecule has 0 aliphatic carbocycles. The summed E-state index contributed by atoms with van der Waals surface area (Å²) in [5.74, 6) is 0.996. The van der Waals surface area contributed by atoms with E-state index in [-0.39, 0.29) is 5.60 Å². The van der Waals surface area contributed by atoms with Crippen molar-refractivity contribution in [1.29, 1.82) is 0 Å². The molecule has 1 aromatic rings. The Hall–Kier alpha value is -0.840. The van der Waals surface area contributed by atoms with Gasteiger partial charge in [-0.3, -0.25) is 4.90 Å². The summed E-state index contributed by atoms with van der Waals surface area (Å²) in [6.07, 6.45) is 4.11. The topological polar surface area (TPSA) is 37.6 Å². The minimum Gasteiger partial charge on any atom is -0.468 e. The summed E-state index contributed by atoms with van der Waals surface area (Å²) in [6.45, 7) is 7.28. The van der Waals surface area contributed by atoms with Crippen LogP contribution in [0, 0.1) is 0 Å². The SMILES string of the molecule is COC1(C)CCCN(CCNCc2ccco2)C1. The zero-order valence-electron chi connectivity index (χ0n) is 11.4. The van der Waals surface area contributed by atoms with Gasteiger partial charge in [0.05, 0.1) is 18.4 Å². The van der Waals surface area contributed by atoms with E-state index >= 15 is 0 Å². The van der Waals surface area contributed by atoms with E-state index in [0.717, 1.165) is 31.9 Å². The molecule has 0 bridgehead atoms. The third-order valence-corrected chi connectivity index (χ3v) is 3.71. The van der Waals surface area contributed by atoms with E-state index in [1.165, 1.54) is 19.4 Å². The zero-order valence-corrected chi connectivity index (χ0v) is 11.4. The molecule has 2 heterocycles. The van der Waals surface area contributed by atoms with Crippen LogP contribution in [0.5, 0.6) is 0 Å². The average molecular weight is 252 g/mol. The maximum absolute atomic E-state index is 5.60. The zero-order chi connectivity index (χ0) is 12.8. The highest BCUT2D eigenvalue weighted by molar-refractivity contribution is 4.97. The van der Waals surface area contributed by atoms with Crippen LogP contribution < -0.4 is 5.32 Å². The predicted molar refractivity (Wildman–Crippen MR) is 71.5 cm³/mol. The van der Waals surface area contributed by atoms with Gasteiger partial charge in [0.15, 0.2) is 0 Å². The number of rotatable bonds is 6. The molecule has 2 rings (SSSR count). The molecule has 1 aliphatic rings. The molecule has 1 aromatic heterocycles. The van der Waals surface area contributed by atoms with Crippen molar-refractivity contribution in [3.63, 3.8) is 0 Å². The quantitative estimate of drug-likeness (QED) is 0.784. The van der Waals surface area contributed by atoms with E-state index in [9.17, 15) is 0 Å². The first-order valence-electron chi connectivity index (χ1n) is 6.72.